The highest BCUT2D eigenvalue weighted by Gasteiger charge is 2.62. The molecule has 2 aliphatic heterocycles. The number of halogens is 6. The molecule has 1 unspecified atom stereocenters. The normalized spacial score (nSPS) is 23.7. The number of alkyl halides is 4. The Morgan fingerprint density at radius 1 is 1.06 bits per heavy atom. The Hall–Kier alpha value is -2.52. The summed E-state index contributed by atoms with van der Waals surface area (Å²) < 4.78 is 57.7. The van der Waals surface area contributed by atoms with Gasteiger partial charge < -0.3 is 15.1 Å². The van der Waals surface area contributed by atoms with Crippen LogP contribution in [0.5, 0.6) is 0 Å². The maximum atomic E-state index is 15.2. The molecule has 2 aromatic rings. The van der Waals surface area contributed by atoms with Gasteiger partial charge in [0.15, 0.2) is 5.67 Å². The highest BCUT2D eigenvalue weighted by Crippen LogP contribution is 2.50. The van der Waals surface area contributed by atoms with Gasteiger partial charge in [-0.3, -0.25) is 0 Å². The van der Waals surface area contributed by atoms with Crippen molar-refractivity contribution in [1.29, 1.82) is 0 Å². The van der Waals surface area contributed by atoms with E-state index in [0.717, 1.165) is 25.0 Å². The van der Waals surface area contributed by atoms with Gasteiger partial charge in [0.05, 0.1) is 18.8 Å². The van der Waals surface area contributed by atoms with Crippen LogP contribution < -0.4 is 5.32 Å². The van der Waals surface area contributed by atoms with Crippen molar-refractivity contribution in [2.75, 3.05) is 13.1 Å². The van der Waals surface area contributed by atoms with Crippen molar-refractivity contribution in [2.45, 2.75) is 42.8 Å². The van der Waals surface area contributed by atoms with Crippen molar-refractivity contribution in [2.24, 2.45) is 5.16 Å². The van der Waals surface area contributed by atoms with E-state index in [0.29, 0.717) is 11.1 Å². The van der Waals surface area contributed by atoms with Gasteiger partial charge >= 0.3 is 12.2 Å². The third-order valence-corrected chi connectivity index (χ3v) is 6.76. The molecule has 11 heteroatoms. The third-order valence-electron chi connectivity index (χ3n) is 6.33. The largest absolute Gasteiger partial charge is 0.435 e. The van der Waals surface area contributed by atoms with E-state index in [4.69, 9.17) is 28.0 Å². The molecule has 2 aromatic carbocycles. The maximum absolute atomic E-state index is 15.2. The fraction of sp³-hybridized carbons (Fsp3) is 0.391. The van der Waals surface area contributed by atoms with Crippen molar-refractivity contribution < 1.29 is 27.2 Å². The summed E-state index contributed by atoms with van der Waals surface area (Å²) >= 11 is 11.8. The standard InChI is InChI=1S/C23H19Cl2F4N3O2/c24-16-7-15(8-17(25)9-16)22(23(27,28)29)10-19(31-34-22)13-1-3-14(4-2-13)21(26)11-32(12-21)20(33)30-18-5-6-18/h1-4,7-9,18H,5-6,10-12H2,(H,30,33). The molecule has 2 fully saturated rings. The molecular formula is C23H19Cl2F4N3O2. The van der Waals surface area contributed by atoms with Crippen LogP contribution in [0.2, 0.25) is 10.0 Å². The fourth-order valence-corrected chi connectivity index (χ4v) is 4.71. The van der Waals surface area contributed by atoms with Crippen molar-refractivity contribution >= 4 is 34.9 Å². The molecule has 180 valence electrons. The van der Waals surface area contributed by atoms with Gasteiger partial charge in [-0.25, -0.2) is 9.18 Å². The summed E-state index contributed by atoms with van der Waals surface area (Å²) in [6.07, 6.45) is -3.52. The molecule has 1 N–H and O–H groups in total. The fourth-order valence-electron chi connectivity index (χ4n) is 4.19. The van der Waals surface area contributed by atoms with Crippen molar-refractivity contribution in [3.05, 3.63) is 69.2 Å². The predicted molar refractivity (Wildman–Crippen MR) is 119 cm³/mol. The molecule has 5 rings (SSSR count). The van der Waals surface area contributed by atoms with Gasteiger partial charge in [-0.1, -0.05) is 52.6 Å². The molecule has 1 aliphatic carbocycles. The molecular weight excluding hydrogens is 497 g/mol. The molecule has 5 nitrogen and oxygen atoms in total. The summed E-state index contributed by atoms with van der Waals surface area (Å²) in [4.78, 5) is 18.4. The van der Waals surface area contributed by atoms with Crippen molar-refractivity contribution in [3.8, 4) is 0 Å². The second kappa shape index (κ2) is 8.02. The molecule has 0 spiro atoms. The van der Waals surface area contributed by atoms with Crippen LogP contribution in [0, 0.1) is 0 Å². The minimum Gasteiger partial charge on any atom is -0.374 e. The monoisotopic (exact) mass is 515 g/mol. The highest BCUT2D eigenvalue weighted by atomic mass is 35.5. The van der Waals surface area contributed by atoms with E-state index in [1.54, 1.807) is 0 Å². The predicted octanol–water partition coefficient (Wildman–Crippen LogP) is 5.93. The van der Waals surface area contributed by atoms with Crippen LogP contribution in [0.1, 0.15) is 36.0 Å². The number of rotatable bonds is 4. The lowest BCUT2D eigenvalue weighted by Gasteiger charge is -2.44. The number of carbonyl (C=O) groups excluding carboxylic acids is 1. The summed E-state index contributed by atoms with van der Waals surface area (Å²) in [7, 11) is 0. The number of benzene rings is 2. The molecule has 1 atom stereocenters. The van der Waals surface area contributed by atoms with E-state index in [-0.39, 0.29) is 46.5 Å². The van der Waals surface area contributed by atoms with Gasteiger partial charge in [-0.2, -0.15) is 13.2 Å². The Kier molecular flexibility index (Phi) is 5.48. The lowest BCUT2D eigenvalue weighted by atomic mass is 9.85. The van der Waals surface area contributed by atoms with Crippen LogP contribution in [-0.2, 0) is 16.1 Å². The lowest BCUT2D eigenvalue weighted by molar-refractivity contribution is -0.275. The summed E-state index contributed by atoms with van der Waals surface area (Å²) in [6, 6.07) is 9.53. The van der Waals surface area contributed by atoms with E-state index in [2.05, 4.69) is 10.5 Å². The Balaban J connectivity index is 1.32. The Morgan fingerprint density at radius 3 is 2.24 bits per heavy atom. The SMILES string of the molecule is O=C(NC1CC1)N1CC(F)(c2ccc(C3=NOC(c4cc(Cl)cc(Cl)c4)(C(F)(F)F)C3)cc2)C1. The zero-order valence-corrected chi connectivity index (χ0v) is 19.1. The molecule has 0 radical (unpaired) electrons. The molecule has 3 aliphatic rings. The van der Waals surface area contributed by atoms with E-state index < -0.39 is 23.9 Å². The van der Waals surface area contributed by atoms with Gasteiger partial charge in [0.2, 0.25) is 0 Å². The van der Waals surface area contributed by atoms with Crippen LogP contribution in [0.3, 0.4) is 0 Å². The van der Waals surface area contributed by atoms with Crippen LogP contribution in [0.25, 0.3) is 0 Å². The molecule has 2 amide bonds. The molecule has 2 heterocycles. The Morgan fingerprint density at radius 2 is 1.68 bits per heavy atom. The van der Waals surface area contributed by atoms with Crippen LogP contribution >= 0.6 is 23.2 Å². The van der Waals surface area contributed by atoms with Gasteiger partial charge in [0, 0.05) is 28.1 Å². The number of likely N-dealkylation sites (tertiary alicyclic amines) is 1. The molecule has 1 saturated heterocycles. The number of nitrogens with one attached hydrogen (secondary N) is 1. The zero-order chi connectivity index (χ0) is 24.3. The van der Waals surface area contributed by atoms with E-state index in [1.807, 2.05) is 0 Å². The van der Waals surface area contributed by atoms with Crippen LogP contribution in [0.15, 0.2) is 47.6 Å². The number of amides is 2. The number of oxime groups is 1. The Labute approximate surface area is 202 Å². The lowest BCUT2D eigenvalue weighted by Crippen LogP contribution is -2.61. The van der Waals surface area contributed by atoms with Crippen LogP contribution in [-0.4, -0.2) is 42.0 Å². The molecule has 0 bridgehead atoms. The number of hydrogen-bond donors (Lipinski definition) is 1. The Bertz CT molecular complexity index is 1140. The van der Waals surface area contributed by atoms with Gasteiger partial charge in [-0.15, -0.1) is 0 Å². The number of urea groups is 1. The van der Waals surface area contributed by atoms with Gasteiger partial charge in [0.25, 0.3) is 5.60 Å². The minimum atomic E-state index is -4.80. The average molecular weight is 516 g/mol. The van der Waals surface area contributed by atoms with Crippen molar-refractivity contribution in [1.82, 2.24) is 10.2 Å². The summed E-state index contributed by atoms with van der Waals surface area (Å²) in [5.41, 5.74) is -3.92. The molecule has 34 heavy (non-hydrogen) atoms. The second-order valence-corrected chi connectivity index (χ2v) is 9.78. The zero-order valence-electron chi connectivity index (χ0n) is 17.6. The molecule has 1 saturated carbocycles. The molecule has 0 aromatic heterocycles. The summed E-state index contributed by atoms with van der Waals surface area (Å²) in [5, 5.41) is 6.61. The quantitative estimate of drug-likeness (QED) is 0.513. The minimum absolute atomic E-state index is 0.0427. The first kappa shape index (κ1) is 23.2. The van der Waals surface area contributed by atoms with E-state index in [1.165, 1.54) is 35.2 Å². The summed E-state index contributed by atoms with van der Waals surface area (Å²) in [5.74, 6) is 0. The first-order valence-electron chi connectivity index (χ1n) is 10.6. The second-order valence-electron chi connectivity index (χ2n) is 8.91. The van der Waals surface area contributed by atoms with E-state index in [9.17, 15) is 18.0 Å². The topological polar surface area (TPSA) is 53.9 Å². The number of carbonyl (C=O) groups is 1. The van der Waals surface area contributed by atoms with Crippen molar-refractivity contribution in [3.63, 3.8) is 0 Å². The average Bonchev–Trinajstić information content (AvgIpc) is 3.42. The van der Waals surface area contributed by atoms with Gasteiger partial charge in [-0.05, 0) is 42.2 Å². The maximum Gasteiger partial charge on any atom is 0.435 e. The third kappa shape index (κ3) is 4.09. The van der Waals surface area contributed by atoms with Crippen LogP contribution in [0.4, 0.5) is 22.4 Å². The first-order chi connectivity index (χ1) is 16.0. The van der Waals surface area contributed by atoms with Gasteiger partial charge in [0.1, 0.15) is 0 Å². The number of hydrogen-bond acceptors (Lipinski definition) is 3. The smallest absolute Gasteiger partial charge is 0.374 e. The number of nitrogens with zero attached hydrogens (tertiary/aromatic N) is 2. The summed E-state index contributed by atoms with van der Waals surface area (Å²) in [6.45, 7) is -0.163. The van der Waals surface area contributed by atoms with E-state index >= 15 is 4.39 Å². The first-order valence-corrected chi connectivity index (χ1v) is 11.4. The highest BCUT2D eigenvalue weighted by molar-refractivity contribution is 6.34.